The van der Waals surface area contributed by atoms with Gasteiger partial charge in [0.05, 0.1) is 11.3 Å². The van der Waals surface area contributed by atoms with Crippen molar-refractivity contribution in [2.75, 3.05) is 0 Å². The summed E-state index contributed by atoms with van der Waals surface area (Å²) in [4.78, 5) is 7.08. The normalized spacial score (nSPS) is 10.5. The third kappa shape index (κ3) is 3.32. The Balaban J connectivity index is 0.000000791. The zero-order valence-electron chi connectivity index (χ0n) is 8.61. The molecule has 0 spiro atoms. The zero-order valence-corrected chi connectivity index (χ0v) is 8.61. The average Bonchev–Trinajstić information content (AvgIpc) is 2.05. The second-order valence-electron chi connectivity index (χ2n) is 2.41. The Morgan fingerprint density at radius 1 is 1.14 bits per heavy atom. The molecule has 80 valence electrons. The molecule has 1 heterocycles. The summed E-state index contributed by atoms with van der Waals surface area (Å²) < 4.78 is 36.3. The molecule has 14 heavy (non-hydrogen) atoms. The third-order valence-electron chi connectivity index (χ3n) is 1.41. The molecule has 0 aromatic carbocycles. The molecule has 0 radical (unpaired) electrons. The van der Waals surface area contributed by atoms with E-state index in [2.05, 4.69) is 9.97 Å². The Labute approximate surface area is 81.2 Å². The van der Waals surface area contributed by atoms with Crippen LogP contribution in [0.1, 0.15) is 30.9 Å². The number of hydrogen-bond acceptors (Lipinski definition) is 2. The number of halogens is 3. The Bertz CT molecular complexity index is 295. The predicted octanol–water partition coefficient (Wildman–Crippen LogP) is 3.14. The monoisotopic (exact) mass is 206 g/mol. The molecule has 0 amide bonds. The Hall–Kier alpha value is -1.13. The minimum absolute atomic E-state index is 0.0324. The minimum atomic E-state index is -4.35. The lowest BCUT2D eigenvalue weighted by Crippen LogP contribution is -2.10. The van der Waals surface area contributed by atoms with Crippen LogP contribution < -0.4 is 0 Å². The van der Waals surface area contributed by atoms with Gasteiger partial charge in [0.25, 0.3) is 0 Å². The van der Waals surface area contributed by atoms with Gasteiger partial charge in [0.2, 0.25) is 0 Å². The summed E-state index contributed by atoms with van der Waals surface area (Å²) in [6, 6.07) is 0. The second-order valence-corrected chi connectivity index (χ2v) is 2.41. The van der Waals surface area contributed by atoms with E-state index in [1.807, 2.05) is 13.8 Å². The molecule has 0 saturated heterocycles. The van der Waals surface area contributed by atoms with Crippen molar-refractivity contribution in [3.8, 4) is 0 Å². The van der Waals surface area contributed by atoms with Crippen LogP contribution in [0, 0.1) is 13.8 Å². The van der Waals surface area contributed by atoms with Gasteiger partial charge in [0, 0.05) is 6.20 Å². The maximum Gasteiger partial charge on any atom is 0.419 e. The van der Waals surface area contributed by atoms with Crippen molar-refractivity contribution in [1.29, 1.82) is 0 Å². The largest absolute Gasteiger partial charge is 0.419 e. The van der Waals surface area contributed by atoms with Crippen LogP contribution in [0.25, 0.3) is 0 Å². The lowest BCUT2D eigenvalue weighted by molar-refractivity contribution is -0.138. The molecular weight excluding hydrogens is 193 g/mol. The van der Waals surface area contributed by atoms with Crippen molar-refractivity contribution in [3.05, 3.63) is 23.3 Å². The van der Waals surface area contributed by atoms with Crippen LogP contribution in [0.15, 0.2) is 6.20 Å². The first-order valence-electron chi connectivity index (χ1n) is 4.28. The molecule has 1 rings (SSSR count). The maximum absolute atomic E-state index is 12.1. The number of nitrogens with zero attached hydrogens (tertiary/aromatic N) is 2. The molecule has 0 saturated carbocycles. The van der Waals surface area contributed by atoms with Crippen molar-refractivity contribution in [2.24, 2.45) is 0 Å². The third-order valence-corrected chi connectivity index (χ3v) is 1.41. The summed E-state index contributed by atoms with van der Waals surface area (Å²) in [6.45, 7) is 6.87. The van der Waals surface area contributed by atoms with Gasteiger partial charge in [-0.25, -0.2) is 9.97 Å². The average molecular weight is 206 g/mol. The standard InChI is InChI=1S/C7H7F3N2.C2H6/c1-4-6(7(8,9)10)3-11-5(2)12-4;1-2/h3H,1-2H3;1-2H3. The molecule has 0 aliphatic heterocycles. The lowest BCUT2D eigenvalue weighted by atomic mass is 10.2. The zero-order chi connectivity index (χ0) is 11.4. The predicted molar refractivity (Wildman–Crippen MR) is 47.9 cm³/mol. The Morgan fingerprint density at radius 3 is 2.00 bits per heavy atom. The molecule has 0 aliphatic rings. The molecule has 0 fully saturated rings. The highest BCUT2D eigenvalue weighted by Crippen LogP contribution is 2.30. The van der Waals surface area contributed by atoms with Crippen LogP contribution in [-0.2, 0) is 6.18 Å². The topological polar surface area (TPSA) is 25.8 Å². The van der Waals surface area contributed by atoms with Crippen LogP contribution in [0.5, 0.6) is 0 Å². The van der Waals surface area contributed by atoms with Crippen LogP contribution in [0.3, 0.4) is 0 Å². The van der Waals surface area contributed by atoms with E-state index >= 15 is 0 Å². The number of alkyl halides is 3. The Kier molecular flexibility index (Phi) is 4.53. The molecule has 0 atom stereocenters. The molecule has 0 unspecified atom stereocenters. The molecule has 0 bridgehead atoms. The number of aromatic nitrogens is 2. The fourth-order valence-corrected chi connectivity index (χ4v) is 0.861. The van der Waals surface area contributed by atoms with Crippen molar-refractivity contribution < 1.29 is 13.2 Å². The van der Waals surface area contributed by atoms with E-state index in [9.17, 15) is 13.2 Å². The van der Waals surface area contributed by atoms with Gasteiger partial charge in [-0.1, -0.05) is 13.8 Å². The highest BCUT2D eigenvalue weighted by atomic mass is 19.4. The van der Waals surface area contributed by atoms with Crippen LogP contribution in [0.4, 0.5) is 13.2 Å². The van der Waals surface area contributed by atoms with Gasteiger partial charge in [0.1, 0.15) is 5.82 Å². The van der Waals surface area contributed by atoms with E-state index in [1.54, 1.807) is 6.92 Å². The highest BCUT2D eigenvalue weighted by Gasteiger charge is 2.33. The van der Waals surface area contributed by atoms with Gasteiger partial charge in [-0.15, -0.1) is 0 Å². The van der Waals surface area contributed by atoms with Crippen molar-refractivity contribution in [2.45, 2.75) is 33.9 Å². The summed E-state index contributed by atoms with van der Waals surface area (Å²) in [5.41, 5.74) is -0.803. The van der Waals surface area contributed by atoms with E-state index < -0.39 is 11.7 Å². The Morgan fingerprint density at radius 2 is 1.64 bits per heavy atom. The van der Waals surface area contributed by atoms with Crippen molar-refractivity contribution >= 4 is 0 Å². The molecule has 5 heteroatoms. The van der Waals surface area contributed by atoms with E-state index in [4.69, 9.17) is 0 Å². The number of aryl methyl sites for hydroxylation is 2. The molecule has 2 nitrogen and oxygen atoms in total. The first-order valence-corrected chi connectivity index (χ1v) is 4.28. The van der Waals surface area contributed by atoms with Gasteiger partial charge in [-0.2, -0.15) is 13.2 Å². The van der Waals surface area contributed by atoms with Gasteiger partial charge in [-0.05, 0) is 13.8 Å². The van der Waals surface area contributed by atoms with Crippen LogP contribution in [0.2, 0.25) is 0 Å². The molecule has 0 N–H and O–H groups in total. The maximum atomic E-state index is 12.1. The van der Waals surface area contributed by atoms with E-state index in [1.165, 1.54) is 6.92 Å². The molecule has 1 aromatic rings. The highest BCUT2D eigenvalue weighted by molar-refractivity contribution is 5.19. The van der Waals surface area contributed by atoms with Gasteiger partial charge >= 0.3 is 6.18 Å². The fraction of sp³-hybridized carbons (Fsp3) is 0.556. The quantitative estimate of drug-likeness (QED) is 0.651. The lowest BCUT2D eigenvalue weighted by Gasteiger charge is -2.08. The minimum Gasteiger partial charge on any atom is -0.241 e. The summed E-state index contributed by atoms with van der Waals surface area (Å²) in [5, 5.41) is 0. The molecular formula is C9H13F3N2. The smallest absolute Gasteiger partial charge is 0.241 e. The van der Waals surface area contributed by atoms with Gasteiger partial charge in [-0.3, -0.25) is 0 Å². The van der Waals surface area contributed by atoms with Gasteiger partial charge in [0.15, 0.2) is 0 Å². The SMILES string of the molecule is CC.Cc1ncc(C(F)(F)F)c(C)n1. The van der Waals surface area contributed by atoms with E-state index in [-0.39, 0.29) is 5.69 Å². The number of hydrogen-bond donors (Lipinski definition) is 0. The number of rotatable bonds is 0. The van der Waals surface area contributed by atoms with Crippen molar-refractivity contribution in [1.82, 2.24) is 9.97 Å². The van der Waals surface area contributed by atoms with E-state index in [0.29, 0.717) is 5.82 Å². The molecule has 0 aliphatic carbocycles. The first-order chi connectivity index (χ1) is 6.41. The van der Waals surface area contributed by atoms with Crippen molar-refractivity contribution in [3.63, 3.8) is 0 Å². The summed E-state index contributed by atoms with van der Waals surface area (Å²) in [6.07, 6.45) is -3.55. The molecule has 1 aromatic heterocycles. The van der Waals surface area contributed by atoms with Gasteiger partial charge < -0.3 is 0 Å². The van der Waals surface area contributed by atoms with E-state index in [0.717, 1.165) is 6.20 Å². The second kappa shape index (κ2) is 4.93. The van der Waals surface area contributed by atoms with Crippen LogP contribution >= 0.6 is 0 Å². The summed E-state index contributed by atoms with van der Waals surface area (Å²) >= 11 is 0. The fourth-order valence-electron chi connectivity index (χ4n) is 0.861. The summed E-state index contributed by atoms with van der Waals surface area (Å²) in [5.74, 6) is 0.348. The first kappa shape index (κ1) is 12.9. The summed E-state index contributed by atoms with van der Waals surface area (Å²) in [7, 11) is 0. The van der Waals surface area contributed by atoms with Crippen LogP contribution in [-0.4, -0.2) is 9.97 Å².